The molecule has 1 rings (SSSR count). The molecule has 70 valence electrons. The van der Waals surface area contributed by atoms with Gasteiger partial charge in [-0.3, -0.25) is 4.79 Å². The average Bonchev–Trinajstić information content (AvgIpc) is 2.18. The highest BCUT2D eigenvalue weighted by Gasteiger charge is 2.28. The van der Waals surface area contributed by atoms with Crippen LogP contribution in [0.25, 0.3) is 0 Å². The van der Waals surface area contributed by atoms with Crippen molar-refractivity contribution in [1.29, 1.82) is 0 Å². The van der Waals surface area contributed by atoms with Crippen LogP contribution in [-0.4, -0.2) is 10.1 Å². The van der Waals surface area contributed by atoms with Crippen molar-refractivity contribution in [3.63, 3.8) is 0 Å². The van der Waals surface area contributed by atoms with Crippen LogP contribution in [0.4, 0.5) is 0 Å². The molecule has 0 radical (unpaired) electrons. The molecule has 0 aliphatic rings. The van der Waals surface area contributed by atoms with Crippen molar-refractivity contribution in [3.8, 4) is 0 Å². The second-order valence-electron chi connectivity index (χ2n) is 3.25. The van der Waals surface area contributed by atoms with E-state index in [1.54, 1.807) is 0 Å². The molecule has 0 bridgehead atoms. The van der Waals surface area contributed by atoms with Crippen LogP contribution in [-0.2, 0) is 0 Å². The minimum absolute atomic E-state index is 0.149. The molecule has 0 spiro atoms. The number of halogens is 1. The second kappa shape index (κ2) is 4.05. The lowest BCUT2D eigenvalue weighted by atomic mass is 9.97. The van der Waals surface area contributed by atoms with Gasteiger partial charge in [-0.1, -0.05) is 53.2 Å². The lowest BCUT2D eigenvalue weighted by Crippen LogP contribution is -2.27. The van der Waals surface area contributed by atoms with Gasteiger partial charge >= 0.3 is 0 Å². The van der Waals surface area contributed by atoms with E-state index in [4.69, 9.17) is 0 Å². The van der Waals surface area contributed by atoms with Gasteiger partial charge < -0.3 is 0 Å². The van der Waals surface area contributed by atoms with E-state index in [-0.39, 0.29) is 5.78 Å². The summed E-state index contributed by atoms with van der Waals surface area (Å²) in [6.45, 7) is 3.90. The maximum Gasteiger partial charge on any atom is 0.179 e. The quantitative estimate of drug-likeness (QED) is 0.585. The van der Waals surface area contributed by atoms with Crippen molar-refractivity contribution >= 4 is 21.7 Å². The molecule has 0 amide bonds. The van der Waals surface area contributed by atoms with Gasteiger partial charge in [0.25, 0.3) is 0 Å². The number of benzene rings is 1. The highest BCUT2D eigenvalue weighted by Crippen LogP contribution is 2.26. The summed E-state index contributed by atoms with van der Waals surface area (Å²) in [6.07, 6.45) is 0.792. The van der Waals surface area contributed by atoms with Crippen molar-refractivity contribution in [3.05, 3.63) is 35.9 Å². The van der Waals surface area contributed by atoms with Crippen LogP contribution in [0.3, 0.4) is 0 Å². The number of hydrogen-bond donors (Lipinski definition) is 0. The van der Waals surface area contributed by atoms with Gasteiger partial charge in [-0.05, 0) is 13.3 Å². The summed E-state index contributed by atoms with van der Waals surface area (Å²) < 4.78 is -0.422. The lowest BCUT2D eigenvalue weighted by molar-refractivity contribution is 0.0952. The summed E-state index contributed by atoms with van der Waals surface area (Å²) >= 11 is 3.43. The SMILES string of the molecule is CCC(C)(Br)C(=O)c1ccccc1. The fraction of sp³-hybridized carbons (Fsp3) is 0.364. The number of alkyl halides is 1. The molecular weight excluding hydrogens is 228 g/mol. The van der Waals surface area contributed by atoms with Crippen LogP contribution in [0, 0.1) is 0 Å². The maximum atomic E-state index is 11.9. The number of hydrogen-bond acceptors (Lipinski definition) is 1. The van der Waals surface area contributed by atoms with Gasteiger partial charge in [0.15, 0.2) is 5.78 Å². The van der Waals surface area contributed by atoms with Crippen LogP contribution in [0.1, 0.15) is 30.6 Å². The molecule has 1 atom stereocenters. The Hall–Kier alpha value is -0.630. The molecule has 0 aliphatic heterocycles. The van der Waals surface area contributed by atoms with E-state index in [1.165, 1.54) is 0 Å². The Kier molecular flexibility index (Phi) is 3.26. The fourth-order valence-corrected chi connectivity index (χ4v) is 1.28. The standard InChI is InChI=1S/C11H13BrO/c1-3-11(2,12)10(13)9-7-5-4-6-8-9/h4-8H,3H2,1-2H3. The first-order chi connectivity index (χ1) is 6.08. The Morgan fingerprint density at radius 3 is 2.38 bits per heavy atom. The zero-order chi connectivity index (χ0) is 9.90. The molecule has 0 aliphatic carbocycles. The van der Waals surface area contributed by atoms with Gasteiger partial charge in [-0.2, -0.15) is 0 Å². The molecule has 0 N–H and O–H groups in total. The van der Waals surface area contributed by atoms with E-state index in [2.05, 4.69) is 15.9 Å². The average molecular weight is 241 g/mol. The van der Waals surface area contributed by atoms with Crippen molar-refractivity contribution in [1.82, 2.24) is 0 Å². The van der Waals surface area contributed by atoms with Crippen molar-refractivity contribution in [2.24, 2.45) is 0 Å². The Bertz CT molecular complexity index is 290. The minimum atomic E-state index is -0.422. The van der Waals surface area contributed by atoms with E-state index < -0.39 is 4.32 Å². The topological polar surface area (TPSA) is 17.1 Å². The Balaban J connectivity index is 2.93. The van der Waals surface area contributed by atoms with Crippen LogP contribution >= 0.6 is 15.9 Å². The minimum Gasteiger partial charge on any atom is -0.293 e. The number of rotatable bonds is 3. The molecule has 1 aromatic carbocycles. The fourth-order valence-electron chi connectivity index (χ4n) is 1.05. The van der Waals surface area contributed by atoms with E-state index in [0.29, 0.717) is 0 Å². The van der Waals surface area contributed by atoms with Gasteiger partial charge in [-0.25, -0.2) is 0 Å². The molecule has 2 heteroatoms. The second-order valence-corrected chi connectivity index (χ2v) is 5.00. The Morgan fingerprint density at radius 1 is 1.38 bits per heavy atom. The van der Waals surface area contributed by atoms with E-state index >= 15 is 0 Å². The summed E-state index contributed by atoms with van der Waals surface area (Å²) in [5.41, 5.74) is 0.767. The third kappa shape index (κ3) is 2.41. The monoisotopic (exact) mass is 240 g/mol. The normalized spacial score (nSPS) is 15.0. The van der Waals surface area contributed by atoms with Crippen molar-refractivity contribution in [2.45, 2.75) is 24.6 Å². The van der Waals surface area contributed by atoms with Gasteiger partial charge in [0, 0.05) is 5.56 Å². The van der Waals surface area contributed by atoms with E-state index in [0.717, 1.165) is 12.0 Å². The number of carbonyl (C=O) groups is 1. The van der Waals surface area contributed by atoms with Gasteiger partial charge in [-0.15, -0.1) is 0 Å². The predicted molar refractivity (Wildman–Crippen MR) is 58.4 cm³/mol. The first-order valence-electron chi connectivity index (χ1n) is 4.36. The molecule has 0 heterocycles. The zero-order valence-electron chi connectivity index (χ0n) is 7.88. The molecule has 0 fully saturated rings. The molecule has 0 saturated carbocycles. The van der Waals surface area contributed by atoms with Crippen LogP contribution in [0.5, 0.6) is 0 Å². The Morgan fingerprint density at radius 2 is 1.92 bits per heavy atom. The number of carbonyl (C=O) groups excluding carboxylic acids is 1. The number of ketones is 1. The third-order valence-corrected chi connectivity index (χ3v) is 3.09. The highest BCUT2D eigenvalue weighted by molar-refractivity contribution is 9.10. The third-order valence-electron chi connectivity index (χ3n) is 2.17. The van der Waals surface area contributed by atoms with E-state index in [9.17, 15) is 4.79 Å². The molecule has 1 aromatic rings. The van der Waals surface area contributed by atoms with Crippen LogP contribution < -0.4 is 0 Å². The highest BCUT2D eigenvalue weighted by atomic mass is 79.9. The van der Waals surface area contributed by atoms with Gasteiger partial charge in [0.05, 0.1) is 4.32 Å². The van der Waals surface area contributed by atoms with Gasteiger partial charge in [0.2, 0.25) is 0 Å². The van der Waals surface area contributed by atoms with Crippen molar-refractivity contribution < 1.29 is 4.79 Å². The van der Waals surface area contributed by atoms with Crippen molar-refractivity contribution in [2.75, 3.05) is 0 Å². The van der Waals surface area contributed by atoms with E-state index in [1.807, 2.05) is 44.2 Å². The zero-order valence-corrected chi connectivity index (χ0v) is 9.47. The summed E-state index contributed by atoms with van der Waals surface area (Å²) in [5, 5.41) is 0. The molecular formula is C11H13BrO. The van der Waals surface area contributed by atoms with Crippen LogP contribution in [0.15, 0.2) is 30.3 Å². The molecule has 1 nitrogen and oxygen atoms in total. The predicted octanol–water partition coefficient (Wildman–Crippen LogP) is 3.43. The smallest absolute Gasteiger partial charge is 0.179 e. The maximum absolute atomic E-state index is 11.9. The molecule has 1 unspecified atom stereocenters. The summed E-state index contributed by atoms with van der Waals surface area (Å²) in [6, 6.07) is 9.36. The number of Topliss-reactive ketones (excluding diaryl/α,β-unsaturated/α-hetero) is 1. The molecule has 0 saturated heterocycles. The summed E-state index contributed by atoms with van der Waals surface area (Å²) in [4.78, 5) is 11.9. The van der Waals surface area contributed by atoms with Gasteiger partial charge in [0.1, 0.15) is 0 Å². The Labute approximate surface area is 87.3 Å². The molecule has 13 heavy (non-hydrogen) atoms. The first kappa shape index (κ1) is 10.5. The largest absolute Gasteiger partial charge is 0.293 e. The first-order valence-corrected chi connectivity index (χ1v) is 5.16. The summed E-state index contributed by atoms with van der Waals surface area (Å²) in [7, 11) is 0. The summed E-state index contributed by atoms with van der Waals surface area (Å²) in [5.74, 6) is 0.149. The lowest BCUT2D eigenvalue weighted by Gasteiger charge is -2.18. The molecule has 0 aromatic heterocycles. The van der Waals surface area contributed by atoms with Crippen LogP contribution in [0.2, 0.25) is 0 Å².